The summed E-state index contributed by atoms with van der Waals surface area (Å²) in [6, 6.07) is 0. The van der Waals surface area contributed by atoms with Gasteiger partial charge in [-0.25, -0.2) is 0 Å². The molecule has 142 valence electrons. The molecule has 3 aliphatic heterocycles. The lowest BCUT2D eigenvalue weighted by molar-refractivity contribution is -0.777. The van der Waals surface area contributed by atoms with Gasteiger partial charge >= 0.3 is 23.4 Å². The van der Waals surface area contributed by atoms with Gasteiger partial charge in [-0.1, -0.05) is 0 Å². The van der Waals surface area contributed by atoms with Crippen molar-refractivity contribution in [1.29, 1.82) is 0 Å². The topological polar surface area (TPSA) is 103 Å². The molecule has 2 bridgehead atoms. The monoisotopic (exact) mass is 395 g/mol. The highest BCUT2D eigenvalue weighted by atomic mass is 32.2. The van der Waals surface area contributed by atoms with E-state index in [9.17, 15) is 36.8 Å². The number of hydrogen-bond donors (Lipinski definition) is 0. The highest BCUT2D eigenvalue weighted by molar-refractivity contribution is 7.95. The minimum Gasteiger partial charge on any atom is -0.691 e. The zero-order chi connectivity index (χ0) is 18.6. The first-order chi connectivity index (χ1) is 11.6. The molecule has 0 aromatic heterocycles. The van der Waals surface area contributed by atoms with Gasteiger partial charge in [-0.05, 0) is 0 Å². The second-order valence-corrected chi connectivity index (χ2v) is 6.39. The van der Waals surface area contributed by atoms with Crippen LogP contribution in [0.1, 0.15) is 6.42 Å². The number of halogens is 5. The standard InChI is InChI=1S/C11H9F5O8S/c12-10(13,14)9(11(15,16)25-24-23-19)22-7(17)4-2-1-3-6(20-2)5(4)8(18)21-3/h2-6,9,19H,1H2/p-1. The molecule has 0 radical (unpaired) electrons. The molecular weight excluding hydrogens is 387 g/mol. The molecule has 0 aromatic carbocycles. The van der Waals surface area contributed by atoms with Crippen LogP contribution >= 0.6 is 12.0 Å². The molecule has 3 aliphatic rings. The summed E-state index contributed by atoms with van der Waals surface area (Å²) in [6.07, 6.45) is -11.9. The van der Waals surface area contributed by atoms with E-state index in [0.717, 1.165) is 0 Å². The number of ether oxygens (including phenoxy) is 3. The van der Waals surface area contributed by atoms with E-state index < -0.39 is 71.7 Å². The van der Waals surface area contributed by atoms with Gasteiger partial charge in [-0.3, -0.25) is 14.6 Å². The van der Waals surface area contributed by atoms with Crippen molar-refractivity contribution in [2.45, 2.75) is 42.3 Å². The minimum absolute atomic E-state index is 0.0572. The number of esters is 2. The van der Waals surface area contributed by atoms with E-state index in [-0.39, 0.29) is 6.42 Å². The summed E-state index contributed by atoms with van der Waals surface area (Å²) in [6.45, 7) is 0. The Bertz CT molecular complexity index is 569. The molecule has 0 N–H and O–H groups in total. The van der Waals surface area contributed by atoms with Crippen molar-refractivity contribution in [3.63, 3.8) is 0 Å². The number of alkyl halides is 5. The lowest BCUT2D eigenvalue weighted by Crippen LogP contribution is -2.49. The van der Waals surface area contributed by atoms with Gasteiger partial charge < -0.3 is 19.5 Å². The normalized spacial score (nSPS) is 35.0. The first-order valence-electron chi connectivity index (χ1n) is 6.71. The van der Waals surface area contributed by atoms with E-state index in [0.29, 0.717) is 0 Å². The molecular formula is C11H8F5O8S-. The molecule has 0 spiro atoms. The molecule has 3 heterocycles. The number of rotatable bonds is 6. The number of carbonyl (C=O) groups excluding carboxylic acids is 2. The van der Waals surface area contributed by atoms with Gasteiger partial charge in [-0.2, -0.15) is 26.3 Å². The van der Waals surface area contributed by atoms with Crippen LogP contribution < -0.4 is 5.26 Å². The van der Waals surface area contributed by atoms with E-state index in [4.69, 9.17) is 9.47 Å². The molecule has 0 aromatic rings. The lowest BCUT2D eigenvalue weighted by atomic mass is 9.80. The predicted octanol–water partition coefficient (Wildman–Crippen LogP) is 0.254. The van der Waals surface area contributed by atoms with Crippen molar-refractivity contribution in [3.05, 3.63) is 0 Å². The molecule has 8 nitrogen and oxygen atoms in total. The first-order valence-corrected chi connectivity index (χ1v) is 7.45. The van der Waals surface area contributed by atoms with Crippen molar-refractivity contribution < 1.29 is 60.4 Å². The van der Waals surface area contributed by atoms with Crippen molar-refractivity contribution in [2.75, 3.05) is 0 Å². The van der Waals surface area contributed by atoms with E-state index in [1.807, 2.05) is 0 Å². The maximum atomic E-state index is 13.6. The van der Waals surface area contributed by atoms with Gasteiger partial charge in [0.2, 0.25) is 0 Å². The number of fused-ring (bicyclic) bond motifs is 1. The fraction of sp³-hybridized carbons (Fsp3) is 0.818. The molecule has 0 amide bonds. The summed E-state index contributed by atoms with van der Waals surface area (Å²) in [7, 11) is 0. The van der Waals surface area contributed by atoms with Crippen LogP contribution in [-0.4, -0.2) is 47.8 Å². The van der Waals surface area contributed by atoms with Crippen LogP contribution in [0.3, 0.4) is 0 Å². The van der Waals surface area contributed by atoms with E-state index in [1.54, 1.807) is 0 Å². The van der Waals surface area contributed by atoms with Crippen LogP contribution in [0.4, 0.5) is 22.0 Å². The summed E-state index contributed by atoms with van der Waals surface area (Å²) in [5, 5.41) is 7.26. The van der Waals surface area contributed by atoms with Crippen LogP contribution in [0.15, 0.2) is 0 Å². The highest BCUT2D eigenvalue weighted by Crippen LogP contribution is 2.51. The molecule has 3 fully saturated rings. The van der Waals surface area contributed by atoms with Crippen molar-refractivity contribution in [2.24, 2.45) is 11.8 Å². The van der Waals surface area contributed by atoms with Gasteiger partial charge in [0, 0.05) is 6.42 Å². The zero-order valence-corrected chi connectivity index (χ0v) is 12.6. The van der Waals surface area contributed by atoms with Crippen molar-refractivity contribution in [1.82, 2.24) is 0 Å². The van der Waals surface area contributed by atoms with Gasteiger partial charge in [0.25, 0.3) is 6.10 Å². The summed E-state index contributed by atoms with van der Waals surface area (Å²) in [5.74, 6) is -5.23. The molecule has 25 heavy (non-hydrogen) atoms. The molecule has 0 aliphatic carbocycles. The van der Waals surface area contributed by atoms with Crippen LogP contribution in [0, 0.1) is 11.8 Å². The molecule has 3 rings (SSSR count). The lowest BCUT2D eigenvalue weighted by Gasteiger charge is -2.29. The Morgan fingerprint density at radius 1 is 1.28 bits per heavy atom. The van der Waals surface area contributed by atoms with Crippen molar-refractivity contribution >= 4 is 24.0 Å². The Hall–Kier alpha value is -1.22. The third-order valence-electron chi connectivity index (χ3n) is 4.13. The maximum Gasteiger partial charge on any atom is 0.432 e. The van der Waals surface area contributed by atoms with E-state index in [1.165, 1.54) is 0 Å². The molecule has 0 saturated carbocycles. The molecule has 14 heteroatoms. The Labute approximate surface area is 139 Å². The average molecular weight is 395 g/mol. The SMILES string of the molecule is O=C(OC(C(F)(F)F)C(F)(F)SOO[O-])C1C2CC3OC(=O)C1C3O2. The van der Waals surface area contributed by atoms with Crippen LogP contribution in [0.2, 0.25) is 0 Å². The number of hydrogen-bond acceptors (Lipinski definition) is 9. The largest absolute Gasteiger partial charge is 0.691 e. The summed E-state index contributed by atoms with van der Waals surface area (Å²) < 4.78 is 83.1. The highest BCUT2D eigenvalue weighted by Gasteiger charge is 2.68. The first kappa shape index (κ1) is 18.6. The molecule has 3 saturated heterocycles. The maximum absolute atomic E-state index is 13.6. The number of carbonyl (C=O) groups is 2. The summed E-state index contributed by atoms with van der Waals surface area (Å²) in [5.41, 5.74) is 0. The van der Waals surface area contributed by atoms with E-state index in [2.05, 4.69) is 14.1 Å². The van der Waals surface area contributed by atoms with Gasteiger partial charge in [0.05, 0.1) is 12.0 Å². The Morgan fingerprint density at radius 3 is 2.56 bits per heavy atom. The molecule has 6 unspecified atom stereocenters. The van der Waals surface area contributed by atoms with Gasteiger partial charge in [0.15, 0.2) is 0 Å². The summed E-state index contributed by atoms with van der Waals surface area (Å²) >= 11 is -1.26. The van der Waals surface area contributed by atoms with E-state index >= 15 is 0 Å². The second-order valence-electron chi connectivity index (χ2n) is 5.54. The smallest absolute Gasteiger partial charge is 0.432 e. The fourth-order valence-corrected chi connectivity index (χ4v) is 3.62. The fourth-order valence-electron chi connectivity index (χ4n) is 3.24. The second kappa shape index (κ2) is 6.19. The Kier molecular flexibility index (Phi) is 4.60. The zero-order valence-electron chi connectivity index (χ0n) is 11.7. The van der Waals surface area contributed by atoms with Crippen LogP contribution in [0.25, 0.3) is 0 Å². The van der Waals surface area contributed by atoms with Crippen LogP contribution in [-0.2, 0) is 33.2 Å². The van der Waals surface area contributed by atoms with Gasteiger partial charge in [-0.15, -0.1) is 0 Å². The third-order valence-corrected chi connectivity index (χ3v) is 4.69. The predicted molar refractivity (Wildman–Crippen MR) is 60.8 cm³/mol. The van der Waals surface area contributed by atoms with Gasteiger partial charge in [0.1, 0.15) is 30.2 Å². The quantitative estimate of drug-likeness (QED) is 0.206. The molecule has 6 atom stereocenters. The Morgan fingerprint density at radius 2 is 1.96 bits per heavy atom. The van der Waals surface area contributed by atoms with Crippen LogP contribution in [0.5, 0.6) is 0 Å². The average Bonchev–Trinajstić information content (AvgIpc) is 3.10. The Balaban J connectivity index is 1.76. The van der Waals surface area contributed by atoms with Crippen molar-refractivity contribution in [3.8, 4) is 0 Å². The minimum atomic E-state index is -5.68. The summed E-state index contributed by atoms with van der Waals surface area (Å²) in [4.78, 5) is 23.7. The third kappa shape index (κ3) is 3.16.